The topological polar surface area (TPSA) is 58.4 Å². The Morgan fingerprint density at radius 2 is 2.12 bits per heavy atom. The summed E-state index contributed by atoms with van der Waals surface area (Å²) in [6.45, 7) is 1.84. The quantitative estimate of drug-likeness (QED) is 0.790. The molecule has 0 aliphatic carbocycles. The highest BCUT2D eigenvalue weighted by atomic mass is 32.1. The van der Waals surface area contributed by atoms with Gasteiger partial charge in [-0.2, -0.15) is 0 Å². The zero-order chi connectivity index (χ0) is 13.0. The standard InChI is InChI=1S/C12H17N3OS/c1-8(15(2)3)12(16)14-10-6-4-5-9(7-10)11(13)17/h4-8H,1-3H3,(H2,13,17)(H,14,16). The molecule has 1 amide bonds. The zero-order valence-corrected chi connectivity index (χ0v) is 11.0. The van der Waals surface area contributed by atoms with Gasteiger partial charge < -0.3 is 11.1 Å². The molecule has 1 unspecified atom stereocenters. The number of carbonyl (C=O) groups is 1. The van der Waals surface area contributed by atoms with Crippen LogP contribution in [0, 0.1) is 0 Å². The van der Waals surface area contributed by atoms with E-state index >= 15 is 0 Å². The molecule has 0 fully saturated rings. The summed E-state index contributed by atoms with van der Waals surface area (Å²) in [4.78, 5) is 14.0. The molecule has 0 aliphatic heterocycles. The number of likely N-dealkylation sites (N-methyl/N-ethyl adjacent to an activating group) is 1. The number of nitrogens with two attached hydrogens (primary N) is 1. The monoisotopic (exact) mass is 251 g/mol. The van der Waals surface area contributed by atoms with E-state index in [1.165, 1.54) is 0 Å². The van der Waals surface area contributed by atoms with Gasteiger partial charge in [-0.25, -0.2) is 0 Å². The van der Waals surface area contributed by atoms with Crippen molar-refractivity contribution in [3.05, 3.63) is 29.8 Å². The number of thiocarbonyl (C=S) groups is 1. The molecule has 0 aliphatic rings. The van der Waals surface area contributed by atoms with Gasteiger partial charge in [0, 0.05) is 11.3 Å². The predicted octanol–water partition coefficient (Wildman–Crippen LogP) is 1.21. The number of anilines is 1. The van der Waals surface area contributed by atoms with Crippen molar-refractivity contribution in [2.45, 2.75) is 13.0 Å². The lowest BCUT2D eigenvalue weighted by molar-refractivity contribution is -0.119. The Labute approximate surface area is 107 Å². The third kappa shape index (κ3) is 3.80. The van der Waals surface area contributed by atoms with Crippen LogP contribution in [0.5, 0.6) is 0 Å². The molecule has 3 N–H and O–H groups in total. The van der Waals surface area contributed by atoms with Gasteiger partial charge in [-0.05, 0) is 33.2 Å². The van der Waals surface area contributed by atoms with E-state index in [4.69, 9.17) is 18.0 Å². The minimum absolute atomic E-state index is 0.0601. The third-order valence-electron chi connectivity index (χ3n) is 2.57. The van der Waals surface area contributed by atoms with Crippen molar-refractivity contribution in [3.63, 3.8) is 0 Å². The van der Waals surface area contributed by atoms with Gasteiger partial charge in [0.1, 0.15) is 4.99 Å². The second-order valence-corrected chi connectivity index (χ2v) is 4.51. The van der Waals surface area contributed by atoms with E-state index < -0.39 is 0 Å². The maximum absolute atomic E-state index is 11.8. The number of rotatable bonds is 4. The maximum atomic E-state index is 11.8. The molecule has 0 spiro atoms. The number of nitrogens with one attached hydrogen (secondary N) is 1. The zero-order valence-electron chi connectivity index (χ0n) is 10.2. The Bertz CT molecular complexity index is 432. The van der Waals surface area contributed by atoms with Crippen molar-refractivity contribution in [1.29, 1.82) is 0 Å². The van der Waals surface area contributed by atoms with E-state index in [1.807, 2.05) is 44.1 Å². The first kappa shape index (κ1) is 13.6. The van der Waals surface area contributed by atoms with E-state index in [0.29, 0.717) is 10.7 Å². The van der Waals surface area contributed by atoms with Crippen LogP contribution in [0.15, 0.2) is 24.3 Å². The minimum atomic E-state index is -0.191. The molecule has 1 atom stereocenters. The average Bonchev–Trinajstić information content (AvgIpc) is 2.28. The molecule has 0 saturated carbocycles. The third-order valence-corrected chi connectivity index (χ3v) is 2.80. The summed E-state index contributed by atoms with van der Waals surface area (Å²) in [6.07, 6.45) is 0. The number of nitrogens with zero attached hydrogens (tertiary/aromatic N) is 1. The lowest BCUT2D eigenvalue weighted by atomic mass is 10.2. The van der Waals surface area contributed by atoms with Crippen LogP contribution in [0.2, 0.25) is 0 Å². The lowest BCUT2D eigenvalue weighted by Gasteiger charge is -2.19. The summed E-state index contributed by atoms with van der Waals surface area (Å²) in [6, 6.07) is 7.01. The van der Waals surface area contributed by atoms with Crippen LogP contribution in [0.4, 0.5) is 5.69 Å². The van der Waals surface area contributed by atoms with E-state index in [9.17, 15) is 4.79 Å². The van der Waals surface area contributed by atoms with Gasteiger partial charge in [0.15, 0.2) is 0 Å². The highest BCUT2D eigenvalue weighted by Gasteiger charge is 2.14. The van der Waals surface area contributed by atoms with Crippen LogP contribution in [0.1, 0.15) is 12.5 Å². The molecule has 4 nitrogen and oxygen atoms in total. The molecule has 1 rings (SSSR count). The van der Waals surface area contributed by atoms with Crippen LogP contribution in [-0.2, 0) is 4.79 Å². The lowest BCUT2D eigenvalue weighted by Crippen LogP contribution is -2.37. The molecule has 0 saturated heterocycles. The van der Waals surface area contributed by atoms with E-state index in [-0.39, 0.29) is 11.9 Å². The number of hydrogen-bond acceptors (Lipinski definition) is 3. The predicted molar refractivity (Wildman–Crippen MR) is 74.1 cm³/mol. The Balaban J connectivity index is 2.78. The average molecular weight is 251 g/mol. The highest BCUT2D eigenvalue weighted by molar-refractivity contribution is 7.80. The first-order chi connectivity index (χ1) is 7.91. The van der Waals surface area contributed by atoms with E-state index in [0.717, 1.165) is 5.56 Å². The van der Waals surface area contributed by atoms with Crippen molar-refractivity contribution in [2.75, 3.05) is 19.4 Å². The Hall–Kier alpha value is -1.46. The molecule has 17 heavy (non-hydrogen) atoms. The van der Waals surface area contributed by atoms with Gasteiger partial charge in [0.2, 0.25) is 5.91 Å². The fraction of sp³-hybridized carbons (Fsp3) is 0.333. The molecule has 92 valence electrons. The van der Waals surface area contributed by atoms with Crippen LogP contribution >= 0.6 is 12.2 Å². The van der Waals surface area contributed by atoms with Gasteiger partial charge in [0.05, 0.1) is 6.04 Å². The molecule has 0 bridgehead atoms. The van der Waals surface area contributed by atoms with Crippen LogP contribution in [0.3, 0.4) is 0 Å². The molecule has 5 heteroatoms. The molecule has 0 aromatic heterocycles. The van der Waals surface area contributed by atoms with Gasteiger partial charge in [-0.15, -0.1) is 0 Å². The number of carbonyl (C=O) groups excluding carboxylic acids is 1. The number of hydrogen-bond donors (Lipinski definition) is 2. The maximum Gasteiger partial charge on any atom is 0.241 e. The molecular weight excluding hydrogens is 234 g/mol. The number of benzene rings is 1. The van der Waals surface area contributed by atoms with Crippen LogP contribution < -0.4 is 11.1 Å². The van der Waals surface area contributed by atoms with Crippen LogP contribution in [0.25, 0.3) is 0 Å². The smallest absolute Gasteiger partial charge is 0.241 e. The summed E-state index contributed by atoms with van der Waals surface area (Å²) in [5, 5.41) is 2.82. The van der Waals surface area contributed by atoms with Crippen molar-refractivity contribution in [1.82, 2.24) is 4.90 Å². The number of amides is 1. The second-order valence-electron chi connectivity index (χ2n) is 4.07. The first-order valence-electron chi connectivity index (χ1n) is 5.29. The largest absolute Gasteiger partial charge is 0.389 e. The molecule has 0 radical (unpaired) electrons. The highest BCUT2D eigenvalue weighted by Crippen LogP contribution is 2.11. The van der Waals surface area contributed by atoms with Gasteiger partial charge >= 0.3 is 0 Å². The summed E-state index contributed by atoms with van der Waals surface area (Å²) >= 11 is 4.89. The minimum Gasteiger partial charge on any atom is -0.389 e. The first-order valence-corrected chi connectivity index (χ1v) is 5.70. The van der Waals surface area contributed by atoms with E-state index in [1.54, 1.807) is 6.07 Å². The Kier molecular flexibility index (Phi) is 4.60. The van der Waals surface area contributed by atoms with Crippen LogP contribution in [-0.4, -0.2) is 35.9 Å². The fourth-order valence-electron chi connectivity index (χ4n) is 1.23. The summed E-state index contributed by atoms with van der Waals surface area (Å²) in [5.74, 6) is -0.0601. The Morgan fingerprint density at radius 3 is 2.65 bits per heavy atom. The summed E-state index contributed by atoms with van der Waals surface area (Å²) in [7, 11) is 3.71. The summed E-state index contributed by atoms with van der Waals surface area (Å²) in [5.41, 5.74) is 6.98. The fourth-order valence-corrected chi connectivity index (χ4v) is 1.36. The van der Waals surface area contributed by atoms with Gasteiger partial charge in [-0.1, -0.05) is 24.4 Å². The second kappa shape index (κ2) is 5.75. The summed E-state index contributed by atoms with van der Waals surface area (Å²) < 4.78 is 0. The SMILES string of the molecule is CC(C(=O)Nc1cccc(C(N)=S)c1)N(C)C. The molecule has 1 aromatic carbocycles. The van der Waals surface area contributed by atoms with Gasteiger partial charge in [-0.3, -0.25) is 9.69 Å². The van der Waals surface area contributed by atoms with Crippen molar-refractivity contribution >= 4 is 28.8 Å². The van der Waals surface area contributed by atoms with Crippen molar-refractivity contribution in [3.8, 4) is 0 Å². The molecule has 0 heterocycles. The molecule has 1 aromatic rings. The van der Waals surface area contributed by atoms with E-state index in [2.05, 4.69) is 5.32 Å². The van der Waals surface area contributed by atoms with Gasteiger partial charge in [0.25, 0.3) is 0 Å². The molecular formula is C12H17N3OS. The van der Waals surface area contributed by atoms with Crippen molar-refractivity contribution < 1.29 is 4.79 Å². The van der Waals surface area contributed by atoms with Crippen molar-refractivity contribution in [2.24, 2.45) is 5.73 Å². The normalized spacial score (nSPS) is 12.2. The Morgan fingerprint density at radius 1 is 1.47 bits per heavy atom.